The summed E-state index contributed by atoms with van der Waals surface area (Å²) < 4.78 is 14.1. The molecule has 0 heterocycles. The Morgan fingerprint density at radius 1 is 1.45 bits per heavy atom. The average Bonchev–Trinajstić information content (AvgIpc) is 2.35. The Labute approximate surface area is 118 Å². The van der Waals surface area contributed by atoms with Gasteiger partial charge in [0.1, 0.15) is 5.82 Å². The Morgan fingerprint density at radius 3 is 2.50 bits per heavy atom. The summed E-state index contributed by atoms with van der Waals surface area (Å²) in [5.74, 6) is -1.28. The molecule has 20 heavy (non-hydrogen) atoms. The number of hydrogen-bond donors (Lipinski definition) is 0. The number of aryl methyl sites for hydroxylation is 1. The van der Waals surface area contributed by atoms with E-state index in [9.17, 15) is 9.18 Å². The molecule has 5 heteroatoms. The van der Waals surface area contributed by atoms with Gasteiger partial charge >= 0.3 is 0 Å². The van der Waals surface area contributed by atoms with E-state index >= 15 is 0 Å². The van der Waals surface area contributed by atoms with E-state index in [1.54, 1.807) is 45.8 Å². The van der Waals surface area contributed by atoms with Crippen molar-refractivity contribution in [2.45, 2.75) is 26.2 Å². The average molecular weight is 275 g/mol. The molecule has 0 aliphatic heterocycles. The summed E-state index contributed by atoms with van der Waals surface area (Å²) >= 11 is 0. The van der Waals surface area contributed by atoms with Crippen LogP contribution in [0.2, 0.25) is 0 Å². The summed E-state index contributed by atoms with van der Waals surface area (Å²) in [6.07, 6.45) is 1.33. The van der Waals surface area contributed by atoms with Crippen molar-refractivity contribution < 1.29 is 9.18 Å². The van der Waals surface area contributed by atoms with Gasteiger partial charge in [0, 0.05) is 14.1 Å². The van der Waals surface area contributed by atoms with Gasteiger partial charge in [0.25, 0.3) is 5.91 Å². The molecule has 4 nitrogen and oxygen atoms in total. The SMILES string of the molecule is Cc1cc(C(C)(C)C#N)cc(F)c1C(=O)/N=C/N(C)C. The molecule has 0 unspecified atom stereocenters. The van der Waals surface area contributed by atoms with Crippen LogP contribution >= 0.6 is 0 Å². The monoisotopic (exact) mass is 275 g/mol. The molecule has 1 rings (SSSR count). The van der Waals surface area contributed by atoms with Gasteiger partial charge in [-0.25, -0.2) is 4.39 Å². The molecule has 0 saturated heterocycles. The molecule has 0 aromatic heterocycles. The minimum Gasteiger partial charge on any atom is -0.369 e. The van der Waals surface area contributed by atoms with Crippen LogP contribution in [-0.2, 0) is 5.41 Å². The topological polar surface area (TPSA) is 56.5 Å². The number of nitriles is 1. The van der Waals surface area contributed by atoms with Gasteiger partial charge in [-0.3, -0.25) is 4.79 Å². The van der Waals surface area contributed by atoms with Crippen LogP contribution in [-0.4, -0.2) is 31.2 Å². The summed E-state index contributed by atoms with van der Waals surface area (Å²) in [5.41, 5.74) is 0.160. The highest BCUT2D eigenvalue weighted by molar-refractivity contribution is 6.00. The molecule has 1 aromatic carbocycles. The highest BCUT2D eigenvalue weighted by atomic mass is 19.1. The molecule has 0 radical (unpaired) electrons. The van der Waals surface area contributed by atoms with Crippen LogP contribution < -0.4 is 0 Å². The number of benzene rings is 1. The zero-order valence-corrected chi connectivity index (χ0v) is 12.4. The van der Waals surface area contributed by atoms with Crippen molar-refractivity contribution in [2.75, 3.05) is 14.1 Å². The molecule has 1 aromatic rings. The highest BCUT2D eigenvalue weighted by Gasteiger charge is 2.24. The molecular weight excluding hydrogens is 257 g/mol. The van der Waals surface area contributed by atoms with Gasteiger partial charge < -0.3 is 4.90 Å². The normalized spacial score (nSPS) is 11.4. The molecule has 0 aliphatic rings. The lowest BCUT2D eigenvalue weighted by Crippen LogP contribution is -2.16. The predicted octanol–water partition coefficient (Wildman–Crippen LogP) is 2.67. The maximum absolute atomic E-state index is 14.1. The van der Waals surface area contributed by atoms with Gasteiger partial charge in [0.15, 0.2) is 0 Å². The number of amides is 1. The second-order valence-electron chi connectivity index (χ2n) is 5.40. The number of aliphatic imine (C=N–C) groups is 1. The van der Waals surface area contributed by atoms with Crippen molar-refractivity contribution in [2.24, 2.45) is 4.99 Å². The first-order valence-corrected chi connectivity index (χ1v) is 6.16. The molecule has 0 fully saturated rings. The minimum atomic E-state index is -0.805. The van der Waals surface area contributed by atoms with Gasteiger partial charge in [-0.1, -0.05) is 6.07 Å². The number of nitrogens with zero attached hydrogens (tertiary/aromatic N) is 3. The van der Waals surface area contributed by atoms with Crippen LogP contribution in [0.1, 0.15) is 35.3 Å². The second-order valence-corrected chi connectivity index (χ2v) is 5.40. The number of halogens is 1. The molecule has 0 spiro atoms. The smallest absolute Gasteiger partial charge is 0.281 e. The molecule has 106 valence electrons. The largest absolute Gasteiger partial charge is 0.369 e. The van der Waals surface area contributed by atoms with E-state index in [1.807, 2.05) is 0 Å². The van der Waals surface area contributed by atoms with E-state index in [1.165, 1.54) is 12.4 Å². The van der Waals surface area contributed by atoms with Gasteiger partial charge in [-0.15, -0.1) is 0 Å². The molecule has 0 saturated carbocycles. The fraction of sp³-hybridized carbons (Fsp3) is 0.400. The lowest BCUT2D eigenvalue weighted by atomic mass is 9.84. The Kier molecular flexibility index (Phi) is 4.61. The molecule has 0 atom stereocenters. The lowest BCUT2D eigenvalue weighted by molar-refractivity contribution is 0.0998. The first kappa shape index (κ1) is 15.8. The van der Waals surface area contributed by atoms with Crippen LogP contribution in [0, 0.1) is 24.1 Å². The summed E-state index contributed by atoms with van der Waals surface area (Å²) in [5, 5.41) is 9.08. The van der Waals surface area contributed by atoms with Crippen molar-refractivity contribution in [1.82, 2.24) is 4.90 Å². The first-order valence-electron chi connectivity index (χ1n) is 6.16. The van der Waals surface area contributed by atoms with Crippen LogP contribution in [0.4, 0.5) is 4.39 Å². The zero-order chi connectivity index (χ0) is 15.5. The molecule has 0 N–H and O–H groups in total. The highest BCUT2D eigenvalue weighted by Crippen LogP contribution is 2.26. The molecule has 0 bridgehead atoms. The van der Waals surface area contributed by atoms with Crippen LogP contribution in [0.3, 0.4) is 0 Å². The van der Waals surface area contributed by atoms with E-state index in [-0.39, 0.29) is 5.56 Å². The number of hydrogen-bond acceptors (Lipinski definition) is 2. The third kappa shape index (κ3) is 3.41. The fourth-order valence-electron chi connectivity index (χ4n) is 1.67. The van der Waals surface area contributed by atoms with E-state index in [0.29, 0.717) is 11.1 Å². The maximum atomic E-state index is 14.1. The van der Waals surface area contributed by atoms with Crippen molar-refractivity contribution in [3.8, 4) is 6.07 Å². The lowest BCUT2D eigenvalue weighted by Gasteiger charge is -2.17. The molecule has 0 aliphatic carbocycles. The van der Waals surface area contributed by atoms with E-state index in [4.69, 9.17) is 5.26 Å². The van der Waals surface area contributed by atoms with Crippen LogP contribution in [0.15, 0.2) is 17.1 Å². The Hall–Kier alpha value is -2.22. The van der Waals surface area contributed by atoms with Crippen molar-refractivity contribution in [3.05, 3.63) is 34.6 Å². The summed E-state index contributed by atoms with van der Waals surface area (Å²) in [6.45, 7) is 5.04. The van der Waals surface area contributed by atoms with Gasteiger partial charge in [0.2, 0.25) is 0 Å². The fourth-order valence-corrected chi connectivity index (χ4v) is 1.67. The number of rotatable bonds is 3. The molecular formula is C15H18FN3O. The Balaban J connectivity index is 3.27. The quantitative estimate of drug-likeness (QED) is 0.629. The third-order valence-corrected chi connectivity index (χ3v) is 2.91. The second kappa shape index (κ2) is 5.83. The Morgan fingerprint density at radius 2 is 2.05 bits per heavy atom. The predicted molar refractivity (Wildman–Crippen MR) is 76.3 cm³/mol. The van der Waals surface area contributed by atoms with E-state index < -0.39 is 17.1 Å². The van der Waals surface area contributed by atoms with Crippen molar-refractivity contribution >= 4 is 12.2 Å². The maximum Gasteiger partial charge on any atom is 0.281 e. The minimum absolute atomic E-state index is 0.0550. The summed E-state index contributed by atoms with van der Waals surface area (Å²) in [6, 6.07) is 5.00. The molecule has 1 amide bonds. The Bertz CT molecular complexity index is 575. The zero-order valence-electron chi connectivity index (χ0n) is 12.4. The summed E-state index contributed by atoms with van der Waals surface area (Å²) in [4.78, 5) is 17.2. The standard InChI is InChI=1S/C15H18FN3O/c1-10-6-11(15(2,3)8-17)7-12(16)13(10)14(20)18-9-19(4)5/h6-7,9H,1-5H3/b18-9+. The van der Waals surface area contributed by atoms with Gasteiger partial charge in [-0.2, -0.15) is 10.3 Å². The number of carbonyl (C=O) groups excluding carboxylic acids is 1. The summed E-state index contributed by atoms with van der Waals surface area (Å²) in [7, 11) is 3.44. The van der Waals surface area contributed by atoms with Crippen molar-refractivity contribution in [1.29, 1.82) is 5.26 Å². The third-order valence-electron chi connectivity index (χ3n) is 2.91. The van der Waals surface area contributed by atoms with Gasteiger partial charge in [0.05, 0.1) is 23.4 Å². The first-order chi connectivity index (χ1) is 9.19. The number of carbonyl (C=O) groups is 1. The van der Waals surface area contributed by atoms with E-state index in [0.717, 1.165) is 0 Å². The van der Waals surface area contributed by atoms with E-state index in [2.05, 4.69) is 11.1 Å². The van der Waals surface area contributed by atoms with Crippen LogP contribution in [0.5, 0.6) is 0 Å². The van der Waals surface area contributed by atoms with Crippen LogP contribution in [0.25, 0.3) is 0 Å². The van der Waals surface area contributed by atoms with Crippen molar-refractivity contribution in [3.63, 3.8) is 0 Å². The van der Waals surface area contributed by atoms with Gasteiger partial charge in [-0.05, 0) is 38.0 Å².